The predicted molar refractivity (Wildman–Crippen MR) is 85.7 cm³/mol. The molecule has 0 radical (unpaired) electrons. The summed E-state index contributed by atoms with van der Waals surface area (Å²) >= 11 is 1.85. The topological polar surface area (TPSA) is 76.3 Å². The van der Waals surface area contributed by atoms with E-state index in [1.54, 1.807) is 0 Å². The number of thioether (sulfide) groups is 1. The smallest absolute Gasteiger partial charge is 0.246 e. The summed E-state index contributed by atoms with van der Waals surface area (Å²) in [5, 5.41) is 4.21. The fraction of sp³-hybridized carbons (Fsp3) is 0.429. The maximum Gasteiger partial charge on any atom is 0.246 e. The predicted octanol–water partition coefficient (Wildman–Crippen LogP) is 2.12. The average Bonchev–Trinajstić information content (AvgIpc) is 2.83. The number of hydrogen-bond donors (Lipinski definition) is 0. The van der Waals surface area contributed by atoms with Crippen molar-refractivity contribution in [2.45, 2.75) is 29.4 Å². The van der Waals surface area contributed by atoms with E-state index < -0.39 is 9.84 Å². The molecular weight excluding hydrogens is 322 g/mol. The molecule has 1 aliphatic rings. The Morgan fingerprint density at radius 1 is 1.41 bits per heavy atom. The van der Waals surface area contributed by atoms with Crippen LogP contribution < -0.4 is 4.90 Å². The molecule has 8 heteroatoms. The van der Waals surface area contributed by atoms with Crippen LogP contribution in [-0.4, -0.2) is 36.6 Å². The van der Waals surface area contributed by atoms with Crippen molar-refractivity contribution in [2.24, 2.45) is 0 Å². The van der Waals surface area contributed by atoms with Gasteiger partial charge >= 0.3 is 0 Å². The molecule has 2 heterocycles. The summed E-state index contributed by atoms with van der Waals surface area (Å²) in [7, 11) is -3.16. The third-order valence-electron chi connectivity index (χ3n) is 3.24. The van der Waals surface area contributed by atoms with Gasteiger partial charge in [-0.05, 0) is 12.1 Å². The van der Waals surface area contributed by atoms with Gasteiger partial charge in [0, 0.05) is 22.9 Å². The normalized spacial score (nSPS) is 18.3. The van der Waals surface area contributed by atoms with E-state index in [9.17, 15) is 8.42 Å². The number of benzene rings is 1. The molecule has 1 aliphatic heterocycles. The molecule has 2 aromatic rings. The monoisotopic (exact) mass is 339 g/mol. The minimum atomic E-state index is -3.16. The molecule has 0 amide bonds. The van der Waals surface area contributed by atoms with Gasteiger partial charge in [-0.15, -0.1) is 11.8 Å². The molecule has 6 nitrogen and oxygen atoms in total. The lowest BCUT2D eigenvalue weighted by molar-refractivity contribution is 0.371. The van der Waals surface area contributed by atoms with Crippen molar-refractivity contribution in [1.29, 1.82) is 0 Å². The zero-order chi connectivity index (χ0) is 15.7. The van der Waals surface area contributed by atoms with Crippen LogP contribution in [0.3, 0.4) is 0 Å². The highest BCUT2D eigenvalue weighted by molar-refractivity contribution is 8.00. The Hall–Kier alpha value is -1.54. The summed E-state index contributed by atoms with van der Waals surface area (Å²) in [6.45, 7) is 3.54. The second-order valence-corrected chi connectivity index (χ2v) is 9.07. The van der Waals surface area contributed by atoms with E-state index in [-0.39, 0.29) is 11.6 Å². The molecule has 0 N–H and O–H groups in total. The van der Waals surface area contributed by atoms with Crippen LogP contribution >= 0.6 is 11.8 Å². The minimum absolute atomic E-state index is 0.195. The Kier molecular flexibility index (Phi) is 4.14. The van der Waals surface area contributed by atoms with E-state index >= 15 is 0 Å². The molecule has 0 bridgehead atoms. The molecule has 1 atom stereocenters. The van der Waals surface area contributed by atoms with Gasteiger partial charge in [0.15, 0.2) is 15.7 Å². The molecule has 0 aliphatic carbocycles. The summed E-state index contributed by atoms with van der Waals surface area (Å²) in [4.78, 5) is 7.60. The fourth-order valence-electron chi connectivity index (χ4n) is 2.44. The molecule has 1 unspecified atom stereocenters. The third-order valence-corrected chi connectivity index (χ3v) is 5.17. The average molecular weight is 339 g/mol. The number of nitrogens with zero attached hydrogens (tertiary/aromatic N) is 3. The van der Waals surface area contributed by atoms with Crippen molar-refractivity contribution in [3.63, 3.8) is 0 Å². The largest absolute Gasteiger partial charge is 0.360 e. The van der Waals surface area contributed by atoms with E-state index in [0.29, 0.717) is 17.7 Å². The lowest BCUT2D eigenvalue weighted by Crippen LogP contribution is -2.32. The first-order chi connectivity index (χ1) is 10.4. The molecule has 22 heavy (non-hydrogen) atoms. The summed E-state index contributed by atoms with van der Waals surface area (Å²) in [6.07, 6.45) is 1.16. The minimum Gasteiger partial charge on any atom is -0.360 e. The van der Waals surface area contributed by atoms with Gasteiger partial charge in [-0.3, -0.25) is 0 Å². The maximum absolute atomic E-state index is 11.3. The van der Waals surface area contributed by atoms with Crippen LogP contribution in [0.5, 0.6) is 0 Å². The van der Waals surface area contributed by atoms with Gasteiger partial charge in [0.05, 0.1) is 12.2 Å². The Labute approximate surface area is 133 Å². The summed E-state index contributed by atoms with van der Waals surface area (Å²) in [6, 6.07) is 8.21. The van der Waals surface area contributed by atoms with Crippen LogP contribution in [0.15, 0.2) is 33.7 Å². The Morgan fingerprint density at radius 2 is 2.18 bits per heavy atom. The quantitative estimate of drug-likeness (QED) is 0.844. The van der Waals surface area contributed by atoms with Gasteiger partial charge in [-0.25, -0.2) is 8.42 Å². The van der Waals surface area contributed by atoms with Crippen LogP contribution in [0.2, 0.25) is 0 Å². The van der Waals surface area contributed by atoms with Crippen molar-refractivity contribution < 1.29 is 12.9 Å². The number of para-hydroxylation sites is 1. The SMILES string of the molecule is CC1CN(Cc2nc(CS(C)(=O)=O)no2)c2ccccc2S1. The van der Waals surface area contributed by atoms with Gasteiger partial charge in [0.1, 0.15) is 5.75 Å². The van der Waals surface area contributed by atoms with Gasteiger partial charge < -0.3 is 9.42 Å². The molecule has 0 saturated carbocycles. The zero-order valence-electron chi connectivity index (χ0n) is 12.4. The first-order valence-electron chi connectivity index (χ1n) is 6.90. The van der Waals surface area contributed by atoms with E-state index in [1.165, 1.54) is 4.90 Å². The Balaban J connectivity index is 1.79. The van der Waals surface area contributed by atoms with Gasteiger partial charge in [-0.2, -0.15) is 4.98 Å². The second kappa shape index (κ2) is 5.92. The van der Waals surface area contributed by atoms with Crippen LogP contribution in [0.4, 0.5) is 5.69 Å². The van der Waals surface area contributed by atoms with E-state index in [4.69, 9.17) is 4.52 Å². The highest BCUT2D eigenvalue weighted by Crippen LogP contribution is 2.38. The number of rotatable bonds is 4. The second-order valence-electron chi connectivity index (χ2n) is 5.45. The van der Waals surface area contributed by atoms with Crippen molar-refractivity contribution in [2.75, 3.05) is 17.7 Å². The third kappa shape index (κ3) is 3.61. The van der Waals surface area contributed by atoms with E-state index in [1.807, 2.05) is 23.9 Å². The summed E-state index contributed by atoms with van der Waals surface area (Å²) < 4.78 is 27.7. The molecule has 0 fully saturated rings. The first-order valence-corrected chi connectivity index (χ1v) is 9.84. The van der Waals surface area contributed by atoms with Crippen molar-refractivity contribution in [1.82, 2.24) is 10.1 Å². The number of aromatic nitrogens is 2. The Morgan fingerprint density at radius 3 is 2.95 bits per heavy atom. The number of hydrogen-bond acceptors (Lipinski definition) is 7. The van der Waals surface area contributed by atoms with Crippen molar-refractivity contribution in [3.05, 3.63) is 36.0 Å². The van der Waals surface area contributed by atoms with Gasteiger partial charge in [0.25, 0.3) is 0 Å². The molecular formula is C14H17N3O3S2. The van der Waals surface area contributed by atoms with Crippen LogP contribution in [-0.2, 0) is 22.1 Å². The highest BCUT2D eigenvalue weighted by atomic mass is 32.2. The number of fused-ring (bicyclic) bond motifs is 1. The van der Waals surface area contributed by atoms with E-state index in [0.717, 1.165) is 18.5 Å². The molecule has 0 saturated heterocycles. The lowest BCUT2D eigenvalue weighted by atomic mass is 10.2. The number of anilines is 1. The molecule has 3 rings (SSSR count). The zero-order valence-corrected chi connectivity index (χ0v) is 14.0. The molecule has 1 aromatic heterocycles. The summed E-state index contributed by atoms with van der Waals surface area (Å²) in [5.41, 5.74) is 1.15. The van der Waals surface area contributed by atoms with Crippen molar-refractivity contribution >= 4 is 27.3 Å². The molecule has 0 spiro atoms. The lowest BCUT2D eigenvalue weighted by Gasteiger charge is -2.33. The van der Waals surface area contributed by atoms with Crippen LogP contribution in [0.1, 0.15) is 18.6 Å². The molecule has 1 aromatic carbocycles. The standard InChI is InChI=1S/C14H17N3O3S2/c1-10-7-17(11-5-3-4-6-12(11)21-10)8-14-15-13(16-20-14)9-22(2,18)19/h3-6,10H,7-9H2,1-2H3. The number of sulfone groups is 1. The van der Waals surface area contributed by atoms with Crippen LogP contribution in [0.25, 0.3) is 0 Å². The van der Waals surface area contributed by atoms with Crippen molar-refractivity contribution in [3.8, 4) is 0 Å². The van der Waals surface area contributed by atoms with E-state index in [2.05, 4.69) is 34.1 Å². The van der Waals surface area contributed by atoms with Gasteiger partial charge in [0.2, 0.25) is 5.89 Å². The Bertz CT molecular complexity index is 773. The highest BCUT2D eigenvalue weighted by Gasteiger charge is 2.24. The fourth-order valence-corrected chi connectivity index (χ4v) is 4.19. The molecule has 118 valence electrons. The van der Waals surface area contributed by atoms with Crippen LogP contribution in [0, 0.1) is 0 Å². The summed E-state index contributed by atoms with van der Waals surface area (Å²) in [5.74, 6) is 0.456. The van der Waals surface area contributed by atoms with Gasteiger partial charge in [-0.1, -0.05) is 24.2 Å². The maximum atomic E-state index is 11.3. The first kappa shape index (κ1) is 15.4.